The van der Waals surface area contributed by atoms with E-state index < -0.39 is 5.97 Å². The lowest BCUT2D eigenvalue weighted by atomic mass is 9.80. The molecular formula is C27H34N2O4S. The minimum atomic E-state index is -0.683. The van der Waals surface area contributed by atoms with E-state index in [1.165, 1.54) is 5.56 Å². The number of aromatic nitrogens is 1. The monoisotopic (exact) mass is 482 g/mol. The quantitative estimate of drug-likeness (QED) is 0.260. The van der Waals surface area contributed by atoms with Gasteiger partial charge < -0.3 is 19.2 Å². The van der Waals surface area contributed by atoms with Crippen molar-refractivity contribution in [2.75, 3.05) is 32.5 Å². The zero-order valence-electron chi connectivity index (χ0n) is 19.8. The van der Waals surface area contributed by atoms with Crippen molar-refractivity contribution in [2.24, 2.45) is 11.8 Å². The summed E-state index contributed by atoms with van der Waals surface area (Å²) in [6, 6.07) is 12.0. The summed E-state index contributed by atoms with van der Waals surface area (Å²) in [5.41, 5.74) is 2.27. The SMILES string of the molecule is COc1ccc2nccc(CCC[C@@H]3CCN(CCCSc4ccco4)C[C@@H]3CC(=O)O)c2c1. The first-order chi connectivity index (χ1) is 16.6. The average molecular weight is 483 g/mol. The summed E-state index contributed by atoms with van der Waals surface area (Å²) in [5, 5.41) is 11.6. The Morgan fingerprint density at radius 2 is 2.18 bits per heavy atom. The van der Waals surface area contributed by atoms with E-state index in [-0.39, 0.29) is 12.3 Å². The highest BCUT2D eigenvalue weighted by atomic mass is 32.2. The molecule has 7 heteroatoms. The molecule has 0 amide bonds. The van der Waals surface area contributed by atoms with E-state index in [2.05, 4.69) is 22.0 Å². The number of nitrogens with zero attached hydrogens (tertiary/aromatic N) is 2. The molecule has 1 aliphatic rings. The molecule has 3 aromatic rings. The molecule has 6 nitrogen and oxygen atoms in total. The molecule has 0 spiro atoms. The zero-order chi connectivity index (χ0) is 23.8. The third kappa shape index (κ3) is 6.76. The third-order valence-corrected chi connectivity index (χ3v) is 7.84. The van der Waals surface area contributed by atoms with Gasteiger partial charge in [-0.1, -0.05) is 11.8 Å². The molecule has 1 aromatic carbocycles. The van der Waals surface area contributed by atoms with Crippen LogP contribution in [0.4, 0.5) is 0 Å². The van der Waals surface area contributed by atoms with Gasteiger partial charge in [-0.15, -0.1) is 0 Å². The standard InChI is InChI=1S/C27H34N2O4S/c1-32-23-8-9-25-24(18-23)21(10-12-28-25)6-2-5-20-11-14-29(19-22(20)17-26(30)31)13-4-16-34-27-7-3-15-33-27/h3,7-10,12,15,18,20,22H,2,4-6,11,13-14,16-17,19H2,1H3,(H,30,31)/t20-,22+/m1/s1. The third-order valence-electron chi connectivity index (χ3n) is 6.83. The topological polar surface area (TPSA) is 75.8 Å². The molecule has 34 heavy (non-hydrogen) atoms. The summed E-state index contributed by atoms with van der Waals surface area (Å²) in [5.74, 6) is 1.86. The van der Waals surface area contributed by atoms with Gasteiger partial charge in [0.05, 0.1) is 18.9 Å². The lowest BCUT2D eigenvalue weighted by Crippen LogP contribution is -2.41. The molecule has 1 N–H and O–H groups in total. The van der Waals surface area contributed by atoms with Gasteiger partial charge in [0.25, 0.3) is 0 Å². The van der Waals surface area contributed by atoms with Gasteiger partial charge in [-0.3, -0.25) is 9.78 Å². The van der Waals surface area contributed by atoms with Gasteiger partial charge in [-0.05, 0) is 99.0 Å². The van der Waals surface area contributed by atoms with Crippen LogP contribution < -0.4 is 4.74 Å². The van der Waals surface area contributed by atoms with Gasteiger partial charge in [0.1, 0.15) is 5.75 Å². The Labute approximate surface area is 205 Å². The second-order valence-corrected chi connectivity index (χ2v) is 10.2. The maximum absolute atomic E-state index is 11.6. The number of likely N-dealkylation sites (tertiary alicyclic amines) is 1. The highest BCUT2D eigenvalue weighted by Crippen LogP contribution is 2.32. The Bertz CT molecular complexity index is 1060. The number of fused-ring (bicyclic) bond motifs is 1. The summed E-state index contributed by atoms with van der Waals surface area (Å²) in [7, 11) is 1.68. The minimum absolute atomic E-state index is 0.221. The number of aliphatic carboxylic acids is 1. The number of carboxylic acids is 1. The number of hydrogen-bond acceptors (Lipinski definition) is 6. The average Bonchev–Trinajstić information content (AvgIpc) is 3.36. The van der Waals surface area contributed by atoms with Crippen molar-refractivity contribution >= 4 is 28.6 Å². The molecule has 1 fully saturated rings. The van der Waals surface area contributed by atoms with E-state index in [1.807, 2.05) is 30.5 Å². The molecule has 3 heterocycles. The van der Waals surface area contributed by atoms with E-state index in [4.69, 9.17) is 9.15 Å². The van der Waals surface area contributed by atoms with Crippen LogP contribution in [0, 0.1) is 11.8 Å². The van der Waals surface area contributed by atoms with Crippen molar-refractivity contribution in [2.45, 2.75) is 43.6 Å². The number of carboxylic acid groups (broad SMARTS) is 1. The molecule has 0 radical (unpaired) electrons. The summed E-state index contributed by atoms with van der Waals surface area (Å²) >= 11 is 1.74. The number of hydrogen-bond donors (Lipinski definition) is 1. The van der Waals surface area contributed by atoms with Crippen LogP contribution in [0.15, 0.2) is 58.4 Å². The number of methoxy groups -OCH3 is 1. The fraction of sp³-hybridized carbons (Fsp3) is 0.481. The van der Waals surface area contributed by atoms with Crippen LogP contribution in [0.3, 0.4) is 0 Å². The maximum atomic E-state index is 11.6. The van der Waals surface area contributed by atoms with E-state index >= 15 is 0 Å². The Balaban J connectivity index is 1.28. The first-order valence-corrected chi connectivity index (χ1v) is 13.1. The van der Waals surface area contributed by atoms with Crippen molar-refractivity contribution in [3.63, 3.8) is 0 Å². The molecule has 0 saturated carbocycles. The highest BCUT2D eigenvalue weighted by molar-refractivity contribution is 7.99. The summed E-state index contributed by atoms with van der Waals surface area (Å²) < 4.78 is 10.8. The molecule has 0 bridgehead atoms. The smallest absolute Gasteiger partial charge is 0.303 e. The Morgan fingerprint density at radius 3 is 2.97 bits per heavy atom. The van der Waals surface area contributed by atoms with Crippen LogP contribution in [-0.4, -0.2) is 53.5 Å². The number of rotatable bonds is 12. The van der Waals surface area contributed by atoms with Crippen LogP contribution in [0.25, 0.3) is 10.9 Å². The lowest BCUT2D eigenvalue weighted by Gasteiger charge is -2.38. The molecular weight excluding hydrogens is 448 g/mol. The first-order valence-electron chi connectivity index (χ1n) is 12.1. The molecule has 0 aliphatic carbocycles. The van der Waals surface area contributed by atoms with E-state index in [0.717, 1.165) is 79.2 Å². The van der Waals surface area contributed by atoms with Crippen LogP contribution in [0.1, 0.15) is 37.7 Å². The fourth-order valence-corrected chi connectivity index (χ4v) is 5.86. The maximum Gasteiger partial charge on any atom is 0.303 e. The number of ether oxygens (including phenoxy) is 1. The number of pyridine rings is 1. The summed E-state index contributed by atoms with van der Waals surface area (Å²) in [4.78, 5) is 18.5. The largest absolute Gasteiger partial charge is 0.497 e. The predicted molar refractivity (Wildman–Crippen MR) is 136 cm³/mol. The molecule has 0 unspecified atom stereocenters. The summed E-state index contributed by atoms with van der Waals surface area (Å²) in [6.45, 7) is 2.96. The van der Waals surface area contributed by atoms with Gasteiger partial charge in [-0.25, -0.2) is 0 Å². The van der Waals surface area contributed by atoms with E-state index in [1.54, 1.807) is 25.1 Å². The van der Waals surface area contributed by atoms with E-state index in [0.29, 0.717) is 5.92 Å². The second-order valence-electron chi connectivity index (χ2n) is 9.09. The van der Waals surface area contributed by atoms with Crippen LogP contribution in [0.2, 0.25) is 0 Å². The number of carbonyl (C=O) groups is 1. The molecule has 4 rings (SSSR count). The number of thioether (sulfide) groups is 1. The Hall–Kier alpha value is -2.51. The Kier molecular flexibility index (Phi) is 8.88. The summed E-state index contributed by atoms with van der Waals surface area (Å²) in [6.07, 6.45) is 9.08. The Morgan fingerprint density at radius 1 is 1.26 bits per heavy atom. The molecule has 2 atom stereocenters. The van der Waals surface area contributed by atoms with Crippen molar-refractivity contribution in [3.8, 4) is 5.75 Å². The zero-order valence-corrected chi connectivity index (χ0v) is 20.6. The van der Waals surface area contributed by atoms with Crippen LogP contribution >= 0.6 is 11.8 Å². The number of aryl methyl sites for hydroxylation is 1. The second kappa shape index (κ2) is 12.3. The normalized spacial score (nSPS) is 18.9. The van der Waals surface area contributed by atoms with Crippen molar-refractivity contribution in [1.29, 1.82) is 0 Å². The minimum Gasteiger partial charge on any atom is -0.497 e. The number of benzene rings is 1. The van der Waals surface area contributed by atoms with Crippen molar-refractivity contribution < 1.29 is 19.1 Å². The molecule has 2 aromatic heterocycles. The molecule has 1 aliphatic heterocycles. The first kappa shape index (κ1) is 24.6. The van der Waals surface area contributed by atoms with Gasteiger partial charge in [-0.2, -0.15) is 0 Å². The molecule has 182 valence electrons. The van der Waals surface area contributed by atoms with Gasteiger partial charge in [0, 0.05) is 30.3 Å². The molecule has 1 saturated heterocycles. The van der Waals surface area contributed by atoms with Crippen molar-refractivity contribution in [3.05, 3.63) is 54.4 Å². The predicted octanol–water partition coefficient (Wildman–Crippen LogP) is 5.75. The highest BCUT2D eigenvalue weighted by Gasteiger charge is 2.30. The van der Waals surface area contributed by atoms with Gasteiger partial charge >= 0.3 is 5.97 Å². The van der Waals surface area contributed by atoms with Gasteiger partial charge in [0.15, 0.2) is 5.09 Å². The lowest BCUT2D eigenvalue weighted by molar-refractivity contribution is -0.139. The van der Waals surface area contributed by atoms with E-state index in [9.17, 15) is 9.90 Å². The van der Waals surface area contributed by atoms with Gasteiger partial charge in [0.2, 0.25) is 0 Å². The number of piperidine rings is 1. The number of furan rings is 1. The fourth-order valence-electron chi connectivity index (χ4n) is 5.08. The van der Waals surface area contributed by atoms with Crippen LogP contribution in [0.5, 0.6) is 5.75 Å². The van der Waals surface area contributed by atoms with Crippen molar-refractivity contribution in [1.82, 2.24) is 9.88 Å². The van der Waals surface area contributed by atoms with Crippen LogP contribution in [-0.2, 0) is 11.2 Å².